The molecule has 0 bridgehead atoms. The van der Waals surface area contributed by atoms with Gasteiger partial charge in [0.15, 0.2) is 10.6 Å². The molecule has 0 fully saturated rings. The predicted octanol–water partition coefficient (Wildman–Crippen LogP) is 1.50. The summed E-state index contributed by atoms with van der Waals surface area (Å²) in [5.74, 6) is 0.630. The van der Waals surface area contributed by atoms with Gasteiger partial charge in [0.2, 0.25) is 0 Å². The first-order valence-corrected chi connectivity index (χ1v) is 6.24. The van der Waals surface area contributed by atoms with Gasteiger partial charge in [0.1, 0.15) is 5.69 Å². The van der Waals surface area contributed by atoms with E-state index in [1.54, 1.807) is 10.6 Å². The fourth-order valence-corrected chi connectivity index (χ4v) is 1.74. The molecule has 2 aromatic heterocycles. The zero-order valence-corrected chi connectivity index (χ0v) is 11.2. The number of aromatic amines is 1. The van der Waals surface area contributed by atoms with Crippen molar-refractivity contribution in [3.05, 3.63) is 27.3 Å². The van der Waals surface area contributed by atoms with Crippen LogP contribution in [-0.2, 0) is 13.6 Å². The highest BCUT2D eigenvalue weighted by Crippen LogP contribution is 2.11. The van der Waals surface area contributed by atoms with Gasteiger partial charge in [-0.3, -0.25) is 9.89 Å². The monoisotopic (exact) mass is 265 g/mol. The number of hydrogen-bond acceptors (Lipinski definition) is 4. The van der Waals surface area contributed by atoms with Crippen molar-refractivity contribution in [2.75, 3.05) is 0 Å². The third kappa shape index (κ3) is 2.40. The second-order valence-electron chi connectivity index (χ2n) is 4.04. The quantitative estimate of drug-likeness (QED) is 0.851. The molecule has 0 radical (unpaired) electrons. The third-order valence-corrected chi connectivity index (χ3v) is 3.06. The normalized spacial score (nSPS) is 10.8. The van der Waals surface area contributed by atoms with E-state index in [1.807, 2.05) is 7.05 Å². The van der Waals surface area contributed by atoms with E-state index in [0.29, 0.717) is 22.8 Å². The molecule has 0 aliphatic heterocycles. The van der Waals surface area contributed by atoms with Crippen molar-refractivity contribution in [1.82, 2.24) is 24.5 Å². The Hall–Kier alpha value is -1.76. The Morgan fingerprint density at radius 1 is 1.44 bits per heavy atom. The van der Waals surface area contributed by atoms with Crippen LogP contribution in [0, 0.1) is 4.77 Å². The van der Waals surface area contributed by atoms with Crippen LogP contribution in [0.25, 0.3) is 11.5 Å². The largest absolute Gasteiger partial charge is 0.302 e. The van der Waals surface area contributed by atoms with Gasteiger partial charge in [0.05, 0.1) is 0 Å². The van der Waals surface area contributed by atoms with Gasteiger partial charge < -0.3 is 4.57 Å². The molecule has 0 aromatic carbocycles. The molecule has 0 spiro atoms. The average Bonchev–Trinajstić information content (AvgIpc) is 2.69. The first-order valence-electron chi connectivity index (χ1n) is 5.83. The summed E-state index contributed by atoms with van der Waals surface area (Å²) in [7, 11) is 1.81. The second kappa shape index (κ2) is 5.26. The lowest BCUT2D eigenvalue weighted by Gasteiger charge is -2.05. The molecular formula is C11H15N5OS. The van der Waals surface area contributed by atoms with Crippen LogP contribution in [0.4, 0.5) is 0 Å². The molecule has 2 heterocycles. The van der Waals surface area contributed by atoms with E-state index in [4.69, 9.17) is 12.2 Å². The molecule has 0 saturated carbocycles. The fraction of sp³-hybridized carbons (Fsp3) is 0.455. The zero-order valence-electron chi connectivity index (χ0n) is 10.4. The van der Waals surface area contributed by atoms with Crippen LogP contribution in [0.3, 0.4) is 0 Å². The van der Waals surface area contributed by atoms with Crippen LogP contribution in [0.5, 0.6) is 0 Å². The van der Waals surface area contributed by atoms with Gasteiger partial charge in [-0.05, 0) is 24.7 Å². The first kappa shape index (κ1) is 12.7. The molecule has 2 aromatic rings. The van der Waals surface area contributed by atoms with Crippen LogP contribution < -0.4 is 5.56 Å². The van der Waals surface area contributed by atoms with Gasteiger partial charge in [0.25, 0.3) is 5.56 Å². The van der Waals surface area contributed by atoms with E-state index in [2.05, 4.69) is 22.2 Å². The molecule has 0 unspecified atom stereocenters. The number of hydrogen-bond donors (Lipinski definition) is 1. The number of aromatic nitrogens is 5. The minimum atomic E-state index is -0.0935. The van der Waals surface area contributed by atoms with Gasteiger partial charge in [-0.2, -0.15) is 10.2 Å². The first-order chi connectivity index (χ1) is 8.63. The number of nitrogens with zero attached hydrogens (tertiary/aromatic N) is 4. The Bertz CT molecular complexity index is 654. The molecule has 1 N–H and O–H groups in total. The molecule has 2 rings (SSSR count). The Kier molecular flexibility index (Phi) is 3.71. The highest BCUT2D eigenvalue weighted by Gasteiger charge is 2.08. The number of nitrogens with one attached hydrogen (secondary N) is 1. The van der Waals surface area contributed by atoms with Crippen LogP contribution in [0.1, 0.15) is 19.8 Å². The molecule has 0 aliphatic carbocycles. The molecule has 96 valence electrons. The van der Waals surface area contributed by atoms with Crippen LogP contribution >= 0.6 is 12.2 Å². The molecule has 0 atom stereocenters. The van der Waals surface area contributed by atoms with E-state index in [-0.39, 0.29) is 5.56 Å². The molecule has 18 heavy (non-hydrogen) atoms. The lowest BCUT2D eigenvalue weighted by molar-refractivity contribution is 0.544. The predicted molar refractivity (Wildman–Crippen MR) is 70.8 cm³/mol. The van der Waals surface area contributed by atoms with Crippen molar-refractivity contribution in [1.29, 1.82) is 0 Å². The van der Waals surface area contributed by atoms with Crippen molar-refractivity contribution in [2.24, 2.45) is 7.05 Å². The van der Waals surface area contributed by atoms with E-state index in [1.165, 1.54) is 10.7 Å². The number of unbranched alkanes of at least 4 members (excludes halogenated alkanes) is 1. The highest BCUT2D eigenvalue weighted by atomic mass is 32.1. The van der Waals surface area contributed by atoms with Crippen molar-refractivity contribution in [3.63, 3.8) is 0 Å². The summed E-state index contributed by atoms with van der Waals surface area (Å²) in [6, 6.07) is 3.17. The van der Waals surface area contributed by atoms with Gasteiger partial charge in [-0.15, -0.1) is 0 Å². The van der Waals surface area contributed by atoms with Gasteiger partial charge >= 0.3 is 0 Å². The topological polar surface area (TPSA) is 68.5 Å². The Balaban J connectivity index is 2.43. The highest BCUT2D eigenvalue weighted by molar-refractivity contribution is 7.71. The minimum Gasteiger partial charge on any atom is -0.302 e. The Morgan fingerprint density at radius 3 is 2.83 bits per heavy atom. The molecule has 6 nitrogen and oxygen atoms in total. The summed E-state index contributed by atoms with van der Waals surface area (Å²) < 4.78 is 3.72. The summed E-state index contributed by atoms with van der Waals surface area (Å²) in [6.45, 7) is 2.70. The maximum Gasteiger partial charge on any atom is 0.266 e. The third-order valence-electron chi connectivity index (χ3n) is 2.70. The van der Waals surface area contributed by atoms with Gasteiger partial charge in [-0.1, -0.05) is 13.3 Å². The molecule has 0 aliphatic rings. The number of H-pyrrole nitrogens is 1. The van der Waals surface area contributed by atoms with Crippen LogP contribution in [-0.4, -0.2) is 24.5 Å². The summed E-state index contributed by atoms with van der Waals surface area (Å²) in [5.41, 5.74) is 0.546. The van der Waals surface area contributed by atoms with Gasteiger partial charge in [0, 0.05) is 19.7 Å². The van der Waals surface area contributed by atoms with Crippen molar-refractivity contribution in [2.45, 2.75) is 26.3 Å². The number of aryl methyl sites for hydroxylation is 1. The van der Waals surface area contributed by atoms with E-state index < -0.39 is 0 Å². The van der Waals surface area contributed by atoms with Gasteiger partial charge in [-0.25, -0.2) is 4.68 Å². The molecule has 7 heteroatoms. The smallest absolute Gasteiger partial charge is 0.266 e. The Labute approximate surface area is 109 Å². The zero-order chi connectivity index (χ0) is 13.1. The van der Waals surface area contributed by atoms with Crippen molar-refractivity contribution < 1.29 is 0 Å². The average molecular weight is 265 g/mol. The summed E-state index contributed by atoms with van der Waals surface area (Å²) in [5, 5.41) is 11.1. The maximum absolute atomic E-state index is 11.6. The maximum atomic E-state index is 11.6. The SMILES string of the molecule is CCCCn1nc(-c2n[nH]c(=S)n2C)ccc1=O. The minimum absolute atomic E-state index is 0.0935. The summed E-state index contributed by atoms with van der Waals surface area (Å²) >= 11 is 5.05. The summed E-state index contributed by atoms with van der Waals surface area (Å²) in [6.07, 6.45) is 1.94. The van der Waals surface area contributed by atoms with E-state index in [9.17, 15) is 4.79 Å². The lowest BCUT2D eigenvalue weighted by atomic mass is 10.3. The fourth-order valence-electron chi connectivity index (χ4n) is 1.61. The second-order valence-corrected chi connectivity index (χ2v) is 4.43. The van der Waals surface area contributed by atoms with E-state index >= 15 is 0 Å². The summed E-state index contributed by atoms with van der Waals surface area (Å²) in [4.78, 5) is 11.6. The molecule has 0 saturated heterocycles. The van der Waals surface area contributed by atoms with E-state index in [0.717, 1.165) is 12.8 Å². The Morgan fingerprint density at radius 2 is 2.22 bits per heavy atom. The molecule has 0 amide bonds. The van der Waals surface area contributed by atoms with Crippen LogP contribution in [0.2, 0.25) is 0 Å². The van der Waals surface area contributed by atoms with Crippen molar-refractivity contribution >= 4 is 12.2 Å². The lowest BCUT2D eigenvalue weighted by Crippen LogP contribution is -2.22. The van der Waals surface area contributed by atoms with Crippen molar-refractivity contribution in [3.8, 4) is 11.5 Å². The standard InChI is InChI=1S/C11H15N5OS/c1-3-4-7-16-9(17)6-5-8(14-16)10-12-13-11(18)15(10)2/h5-6H,3-4,7H2,1-2H3,(H,13,18). The number of rotatable bonds is 4. The van der Waals surface area contributed by atoms with Crippen LogP contribution in [0.15, 0.2) is 16.9 Å². The molecular weight excluding hydrogens is 250 g/mol.